The Hall–Kier alpha value is -0.570. The first kappa shape index (κ1) is 16.5. The maximum atomic E-state index is 11.6. The number of hydrogen-bond donors (Lipinski definition) is 2. The van der Waals surface area contributed by atoms with Crippen LogP contribution in [0.4, 0.5) is 0 Å². The molecule has 0 aliphatic heterocycles. The lowest BCUT2D eigenvalue weighted by molar-refractivity contribution is -0.153. The molecule has 0 aromatic carbocycles. The van der Waals surface area contributed by atoms with E-state index in [1.807, 2.05) is 0 Å². The Labute approximate surface area is 117 Å². The predicted octanol–water partition coefficient (Wildman–Crippen LogP) is 3.85. The van der Waals surface area contributed by atoms with Gasteiger partial charge in [0.15, 0.2) is 0 Å². The van der Waals surface area contributed by atoms with Gasteiger partial charge < -0.3 is 10.2 Å². The topological polar surface area (TPSA) is 57.5 Å². The molecule has 0 saturated heterocycles. The molecule has 0 heterocycles. The number of carboxylic acids is 1. The van der Waals surface area contributed by atoms with Crippen molar-refractivity contribution in [2.24, 2.45) is 16.7 Å². The summed E-state index contributed by atoms with van der Waals surface area (Å²) >= 11 is 0. The van der Waals surface area contributed by atoms with Gasteiger partial charge in [0.2, 0.25) is 0 Å². The third-order valence-corrected chi connectivity index (χ3v) is 4.93. The number of carbonyl (C=O) groups is 1. The van der Waals surface area contributed by atoms with Gasteiger partial charge in [0, 0.05) is 6.61 Å². The van der Waals surface area contributed by atoms with E-state index in [2.05, 4.69) is 20.8 Å². The summed E-state index contributed by atoms with van der Waals surface area (Å²) in [6.45, 7) is 6.98. The van der Waals surface area contributed by atoms with Gasteiger partial charge in [-0.3, -0.25) is 4.79 Å². The van der Waals surface area contributed by atoms with Crippen LogP contribution in [0.1, 0.15) is 72.1 Å². The van der Waals surface area contributed by atoms with Crippen LogP contribution in [0.15, 0.2) is 0 Å². The standard InChI is InChI=1S/C16H30O3/c1-15(2,3)13-7-10-16(11-8-13,14(18)19)9-5-4-6-12-17/h13,17H,4-12H2,1-3H3,(H,18,19). The number of aliphatic carboxylic acids is 1. The van der Waals surface area contributed by atoms with Crippen molar-refractivity contribution in [3.05, 3.63) is 0 Å². The largest absolute Gasteiger partial charge is 0.481 e. The van der Waals surface area contributed by atoms with Crippen LogP contribution in [0.25, 0.3) is 0 Å². The van der Waals surface area contributed by atoms with Crippen molar-refractivity contribution in [2.75, 3.05) is 6.61 Å². The van der Waals surface area contributed by atoms with Gasteiger partial charge in [-0.1, -0.05) is 33.6 Å². The van der Waals surface area contributed by atoms with Crippen LogP contribution in [0, 0.1) is 16.7 Å². The molecule has 0 radical (unpaired) electrons. The van der Waals surface area contributed by atoms with Crippen molar-refractivity contribution in [1.82, 2.24) is 0 Å². The molecule has 0 unspecified atom stereocenters. The summed E-state index contributed by atoms with van der Waals surface area (Å²) in [5.41, 5.74) is -0.196. The van der Waals surface area contributed by atoms with Crippen LogP contribution in [-0.4, -0.2) is 22.8 Å². The number of aliphatic hydroxyl groups is 1. The first-order chi connectivity index (χ1) is 8.82. The van der Waals surface area contributed by atoms with E-state index in [0.29, 0.717) is 11.3 Å². The van der Waals surface area contributed by atoms with E-state index in [1.165, 1.54) is 0 Å². The summed E-state index contributed by atoms with van der Waals surface area (Å²) < 4.78 is 0. The molecule has 0 amide bonds. The number of hydrogen-bond acceptors (Lipinski definition) is 2. The van der Waals surface area contributed by atoms with E-state index in [-0.39, 0.29) is 6.61 Å². The highest BCUT2D eigenvalue weighted by atomic mass is 16.4. The number of carboxylic acid groups (broad SMARTS) is 1. The maximum absolute atomic E-state index is 11.6. The van der Waals surface area contributed by atoms with Crippen LogP contribution in [0.2, 0.25) is 0 Å². The number of aliphatic hydroxyl groups excluding tert-OH is 1. The number of unbranched alkanes of at least 4 members (excludes halogenated alkanes) is 2. The predicted molar refractivity (Wildman–Crippen MR) is 77.0 cm³/mol. The molecule has 1 saturated carbocycles. The second-order valence-electron chi connectivity index (χ2n) is 7.26. The maximum Gasteiger partial charge on any atom is 0.309 e. The number of rotatable bonds is 6. The fraction of sp³-hybridized carbons (Fsp3) is 0.938. The van der Waals surface area contributed by atoms with Crippen molar-refractivity contribution >= 4 is 5.97 Å². The molecule has 0 bridgehead atoms. The van der Waals surface area contributed by atoms with Crippen LogP contribution in [-0.2, 0) is 4.79 Å². The Morgan fingerprint density at radius 1 is 1.16 bits per heavy atom. The average molecular weight is 270 g/mol. The van der Waals surface area contributed by atoms with Crippen LogP contribution in [0.3, 0.4) is 0 Å². The molecule has 3 heteroatoms. The van der Waals surface area contributed by atoms with Gasteiger partial charge in [-0.05, 0) is 49.9 Å². The van der Waals surface area contributed by atoms with Gasteiger partial charge in [-0.2, -0.15) is 0 Å². The third-order valence-electron chi connectivity index (χ3n) is 4.93. The van der Waals surface area contributed by atoms with Gasteiger partial charge in [-0.15, -0.1) is 0 Å². The molecule has 0 aromatic rings. The summed E-state index contributed by atoms with van der Waals surface area (Å²) in [6.07, 6.45) is 7.15. The molecule has 0 spiro atoms. The monoisotopic (exact) mass is 270 g/mol. The minimum Gasteiger partial charge on any atom is -0.481 e. The summed E-state index contributed by atoms with van der Waals surface area (Å²) in [4.78, 5) is 11.6. The highest BCUT2D eigenvalue weighted by molar-refractivity contribution is 5.74. The Bertz CT molecular complexity index is 283. The molecular weight excluding hydrogens is 240 g/mol. The first-order valence-corrected chi connectivity index (χ1v) is 7.66. The summed E-state index contributed by atoms with van der Waals surface area (Å²) in [7, 11) is 0. The Kier molecular flexibility index (Phi) is 5.84. The lowest BCUT2D eigenvalue weighted by Crippen LogP contribution is -2.38. The van der Waals surface area contributed by atoms with Crippen molar-refractivity contribution in [2.45, 2.75) is 72.1 Å². The van der Waals surface area contributed by atoms with Crippen LogP contribution in [0.5, 0.6) is 0 Å². The minimum atomic E-state index is -0.608. The van der Waals surface area contributed by atoms with E-state index in [1.54, 1.807) is 0 Å². The molecule has 112 valence electrons. The fourth-order valence-electron chi connectivity index (χ4n) is 3.36. The minimum absolute atomic E-state index is 0.214. The molecule has 1 aliphatic rings. The highest BCUT2D eigenvalue weighted by Gasteiger charge is 2.43. The Balaban J connectivity index is 2.54. The molecule has 1 aliphatic carbocycles. The summed E-state index contributed by atoms with van der Waals surface area (Å²) in [6, 6.07) is 0. The second kappa shape index (κ2) is 6.74. The molecule has 0 atom stereocenters. The van der Waals surface area contributed by atoms with Crippen LogP contribution >= 0.6 is 0 Å². The molecule has 0 aromatic heterocycles. The molecule has 2 N–H and O–H groups in total. The van der Waals surface area contributed by atoms with E-state index in [9.17, 15) is 9.90 Å². The molecule has 19 heavy (non-hydrogen) atoms. The molecule has 3 nitrogen and oxygen atoms in total. The molecule has 1 fully saturated rings. The van der Waals surface area contributed by atoms with Gasteiger partial charge in [0.25, 0.3) is 0 Å². The Morgan fingerprint density at radius 2 is 1.74 bits per heavy atom. The lowest BCUT2D eigenvalue weighted by atomic mass is 9.62. The van der Waals surface area contributed by atoms with Crippen molar-refractivity contribution in [1.29, 1.82) is 0 Å². The van der Waals surface area contributed by atoms with E-state index < -0.39 is 11.4 Å². The van der Waals surface area contributed by atoms with Gasteiger partial charge in [0.05, 0.1) is 5.41 Å². The zero-order chi connectivity index (χ0) is 14.5. The lowest BCUT2D eigenvalue weighted by Gasteiger charge is -2.42. The van der Waals surface area contributed by atoms with Gasteiger partial charge in [-0.25, -0.2) is 0 Å². The SMILES string of the molecule is CC(C)(C)C1CCC(CCCCCO)(C(=O)O)CC1. The van der Waals surface area contributed by atoms with Crippen LogP contribution < -0.4 is 0 Å². The van der Waals surface area contributed by atoms with Crippen molar-refractivity contribution < 1.29 is 15.0 Å². The highest BCUT2D eigenvalue weighted by Crippen LogP contribution is 2.47. The van der Waals surface area contributed by atoms with E-state index in [0.717, 1.165) is 51.4 Å². The second-order valence-corrected chi connectivity index (χ2v) is 7.26. The normalized spacial score (nSPS) is 28.3. The Morgan fingerprint density at radius 3 is 2.16 bits per heavy atom. The molecular formula is C16H30O3. The fourth-order valence-corrected chi connectivity index (χ4v) is 3.36. The molecule has 1 rings (SSSR count). The zero-order valence-electron chi connectivity index (χ0n) is 12.7. The van der Waals surface area contributed by atoms with E-state index in [4.69, 9.17) is 5.11 Å². The van der Waals surface area contributed by atoms with Crippen molar-refractivity contribution in [3.63, 3.8) is 0 Å². The van der Waals surface area contributed by atoms with Gasteiger partial charge >= 0.3 is 5.97 Å². The zero-order valence-corrected chi connectivity index (χ0v) is 12.7. The summed E-state index contributed by atoms with van der Waals surface area (Å²) in [5, 5.41) is 18.4. The van der Waals surface area contributed by atoms with Crippen molar-refractivity contribution in [3.8, 4) is 0 Å². The third kappa shape index (κ3) is 4.48. The van der Waals surface area contributed by atoms with Gasteiger partial charge in [0.1, 0.15) is 0 Å². The smallest absolute Gasteiger partial charge is 0.309 e. The summed E-state index contributed by atoms with van der Waals surface area (Å²) in [5.74, 6) is 0.0428. The van der Waals surface area contributed by atoms with E-state index >= 15 is 0 Å². The quantitative estimate of drug-likeness (QED) is 0.721. The average Bonchev–Trinajstić information content (AvgIpc) is 2.34. The first-order valence-electron chi connectivity index (χ1n) is 7.66.